The molecular weight excluding hydrogens is 236 g/mol. The number of rotatable bonds is 3. The zero-order chi connectivity index (χ0) is 11.8. The lowest BCUT2D eigenvalue weighted by Crippen LogP contribution is -2.12. The van der Waals surface area contributed by atoms with Crippen molar-refractivity contribution in [1.29, 1.82) is 0 Å². The van der Waals surface area contributed by atoms with Gasteiger partial charge < -0.3 is 0 Å². The molecule has 1 aromatic heterocycles. The molecule has 2 heteroatoms. The van der Waals surface area contributed by atoms with Gasteiger partial charge in [0.1, 0.15) is 0 Å². The van der Waals surface area contributed by atoms with Crippen LogP contribution in [0.15, 0.2) is 12.1 Å². The van der Waals surface area contributed by atoms with Crippen molar-refractivity contribution in [3.63, 3.8) is 0 Å². The van der Waals surface area contributed by atoms with E-state index in [-0.39, 0.29) is 10.8 Å². The van der Waals surface area contributed by atoms with Crippen LogP contribution in [0.2, 0.25) is 0 Å². The Morgan fingerprint density at radius 2 is 2.06 bits per heavy atom. The molecule has 0 bridgehead atoms. The third kappa shape index (κ3) is 2.81. The number of halogens is 1. The van der Waals surface area contributed by atoms with Gasteiger partial charge in [-0.15, -0.1) is 22.9 Å². The van der Waals surface area contributed by atoms with Gasteiger partial charge in [-0.2, -0.15) is 0 Å². The minimum atomic E-state index is 0.242. The molecule has 1 atom stereocenters. The summed E-state index contributed by atoms with van der Waals surface area (Å²) in [4.78, 5) is 2.81. The van der Waals surface area contributed by atoms with E-state index < -0.39 is 0 Å². The maximum atomic E-state index is 6.49. The highest BCUT2D eigenvalue weighted by molar-refractivity contribution is 7.12. The fourth-order valence-corrected chi connectivity index (χ4v) is 3.58. The minimum Gasteiger partial charge on any atom is -0.143 e. The van der Waals surface area contributed by atoms with Gasteiger partial charge in [0.15, 0.2) is 0 Å². The van der Waals surface area contributed by atoms with E-state index in [9.17, 15) is 0 Å². The van der Waals surface area contributed by atoms with Gasteiger partial charge in [-0.1, -0.05) is 40.0 Å². The van der Waals surface area contributed by atoms with Crippen molar-refractivity contribution in [3.05, 3.63) is 21.9 Å². The molecule has 1 aliphatic carbocycles. The Balaban J connectivity index is 2.00. The standard InChI is InChI=1S/C14H21ClS/c1-14(2,3)13-8-7-12(16-13)11(15)9-10-5-4-6-10/h7-8,10-11H,4-6,9H2,1-3H3. The van der Waals surface area contributed by atoms with E-state index >= 15 is 0 Å². The molecule has 0 nitrogen and oxygen atoms in total. The number of hydrogen-bond acceptors (Lipinski definition) is 1. The summed E-state index contributed by atoms with van der Waals surface area (Å²) in [6.07, 6.45) is 5.36. The summed E-state index contributed by atoms with van der Waals surface area (Å²) < 4.78 is 0. The molecule has 1 unspecified atom stereocenters. The topological polar surface area (TPSA) is 0 Å². The monoisotopic (exact) mass is 256 g/mol. The predicted molar refractivity (Wildman–Crippen MR) is 73.6 cm³/mol. The molecular formula is C14H21ClS. The lowest BCUT2D eigenvalue weighted by Gasteiger charge is -2.26. The van der Waals surface area contributed by atoms with E-state index in [2.05, 4.69) is 32.9 Å². The Hall–Kier alpha value is -0.0100. The van der Waals surface area contributed by atoms with E-state index in [1.54, 1.807) is 0 Å². The van der Waals surface area contributed by atoms with E-state index in [1.807, 2.05) is 11.3 Å². The van der Waals surface area contributed by atoms with Crippen LogP contribution in [0.1, 0.15) is 61.6 Å². The Morgan fingerprint density at radius 1 is 1.38 bits per heavy atom. The van der Waals surface area contributed by atoms with Crippen LogP contribution in [0.4, 0.5) is 0 Å². The van der Waals surface area contributed by atoms with E-state index in [1.165, 1.54) is 35.4 Å². The molecule has 0 radical (unpaired) electrons. The average molecular weight is 257 g/mol. The van der Waals surface area contributed by atoms with Crippen LogP contribution in [-0.2, 0) is 5.41 Å². The number of alkyl halides is 1. The molecule has 90 valence electrons. The highest BCUT2D eigenvalue weighted by Gasteiger charge is 2.24. The van der Waals surface area contributed by atoms with Crippen molar-refractivity contribution in [1.82, 2.24) is 0 Å². The van der Waals surface area contributed by atoms with Gasteiger partial charge in [0.2, 0.25) is 0 Å². The van der Waals surface area contributed by atoms with Gasteiger partial charge in [0, 0.05) is 9.75 Å². The predicted octanol–water partition coefficient (Wildman–Crippen LogP) is 5.52. The molecule has 0 saturated heterocycles. The highest BCUT2D eigenvalue weighted by Crippen LogP contribution is 2.41. The quantitative estimate of drug-likeness (QED) is 0.625. The molecule has 0 aromatic carbocycles. The van der Waals surface area contributed by atoms with Gasteiger partial charge in [0.05, 0.1) is 5.38 Å². The van der Waals surface area contributed by atoms with Crippen molar-refractivity contribution in [2.24, 2.45) is 5.92 Å². The summed E-state index contributed by atoms with van der Waals surface area (Å²) >= 11 is 8.38. The van der Waals surface area contributed by atoms with Crippen LogP contribution in [-0.4, -0.2) is 0 Å². The van der Waals surface area contributed by atoms with Gasteiger partial charge in [-0.05, 0) is 29.9 Å². The molecule has 0 aliphatic heterocycles. The van der Waals surface area contributed by atoms with Crippen LogP contribution in [0.5, 0.6) is 0 Å². The minimum absolute atomic E-state index is 0.242. The van der Waals surface area contributed by atoms with Gasteiger partial charge >= 0.3 is 0 Å². The Morgan fingerprint density at radius 3 is 2.50 bits per heavy atom. The first kappa shape index (κ1) is 12.4. The van der Waals surface area contributed by atoms with E-state index in [4.69, 9.17) is 11.6 Å². The van der Waals surface area contributed by atoms with Crippen LogP contribution in [0, 0.1) is 5.92 Å². The first-order valence-corrected chi connectivity index (χ1v) is 7.46. The first-order valence-electron chi connectivity index (χ1n) is 6.21. The molecule has 1 aliphatic rings. The largest absolute Gasteiger partial charge is 0.143 e. The molecule has 1 aromatic rings. The Labute approximate surface area is 108 Å². The summed E-state index contributed by atoms with van der Waals surface area (Å²) in [6.45, 7) is 6.79. The lowest BCUT2D eigenvalue weighted by molar-refractivity contribution is 0.294. The van der Waals surface area contributed by atoms with Crippen LogP contribution in [0.25, 0.3) is 0 Å². The number of hydrogen-bond donors (Lipinski definition) is 0. The average Bonchev–Trinajstić information content (AvgIpc) is 2.58. The third-order valence-corrected chi connectivity index (χ3v) is 5.61. The molecule has 0 amide bonds. The molecule has 16 heavy (non-hydrogen) atoms. The summed E-state index contributed by atoms with van der Waals surface area (Å²) in [6, 6.07) is 4.47. The smallest absolute Gasteiger partial charge is 0.0681 e. The lowest BCUT2D eigenvalue weighted by atomic mass is 9.82. The van der Waals surface area contributed by atoms with Crippen molar-refractivity contribution in [2.75, 3.05) is 0 Å². The molecule has 1 saturated carbocycles. The fraction of sp³-hybridized carbons (Fsp3) is 0.714. The zero-order valence-corrected chi connectivity index (χ0v) is 12.0. The number of thiophene rings is 1. The second kappa shape index (κ2) is 4.70. The van der Waals surface area contributed by atoms with E-state index in [0.717, 1.165) is 5.92 Å². The van der Waals surface area contributed by atoms with Gasteiger partial charge in [0.25, 0.3) is 0 Å². The second-order valence-electron chi connectivity index (χ2n) is 5.95. The maximum Gasteiger partial charge on any atom is 0.0681 e. The van der Waals surface area contributed by atoms with Crippen LogP contribution < -0.4 is 0 Å². The van der Waals surface area contributed by atoms with Crippen LogP contribution >= 0.6 is 22.9 Å². The Bertz CT molecular complexity index is 344. The van der Waals surface area contributed by atoms with Crippen molar-refractivity contribution < 1.29 is 0 Å². The molecule has 1 heterocycles. The molecule has 1 fully saturated rings. The summed E-state index contributed by atoms with van der Waals surface area (Å²) in [7, 11) is 0. The van der Waals surface area contributed by atoms with Crippen LogP contribution in [0.3, 0.4) is 0 Å². The summed E-state index contributed by atoms with van der Waals surface area (Å²) in [5, 5.41) is 0.242. The third-order valence-electron chi connectivity index (χ3n) is 3.44. The van der Waals surface area contributed by atoms with E-state index in [0.29, 0.717) is 0 Å². The SMILES string of the molecule is CC(C)(C)c1ccc(C(Cl)CC2CCC2)s1. The van der Waals surface area contributed by atoms with Gasteiger partial charge in [-0.3, -0.25) is 0 Å². The second-order valence-corrected chi connectivity index (χ2v) is 7.59. The highest BCUT2D eigenvalue weighted by atomic mass is 35.5. The fourth-order valence-electron chi connectivity index (χ4n) is 2.06. The molecule has 0 spiro atoms. The molecule has 2 rings (SSSR count). The van der Waals surface area contributed by atoms with Gasteiger partial charge in [-0.25, -0.2) is 0 Å². The van der Waals surface area contributed by atoms with Crippen molar-refractivity contribution in [2.45, 2.75) is 57.2 Å². The summed E-state index contributed by atoms with van der Waals surface area (Å²) in [5.41, 5.74) is 0.260. The Kier molecular flexibility index (Phi) is 3.65. The maximum absolute atomic E-state index is 6.49. The van der Waals surface area contributed by atoms with Crippen molar-refractivity contribution >= 4 is 22.9 Å². The summed E-state index contributed by atoms with van der Waals surface area (Å²) in [5.74, 6) is 0.891. The zero-order valence-electron chi connectivity index (χ0n) is 10.4. The molecule has 0 N–H and O–H groups in total. The first-order chi connectivity index (χ1) is 7.47. The normalized spacial score (nSPS) is 19.5. The van der Waals surface area contributed by atoms with Crippen molar-refractivity contribution in [3.8, 4) is 0 Å².